The van der Waals surface area contributed by atoms with E-state index in [2.05, 4.69) is 10.6 Å². The molecule has 1 aromatic carbocycles. The van der Waals surface area contributed by atoms with Crippen molar-refractivity contribution in [3.8, 4) is 0 Å². The van der Waals surface area contributed by atoms with Crippen molar-refractivity contribution in [2.75, 3.05) is 6.54 Å². The minimum atomic E-state index is -1.32. The first-order valence-corrected chi connectivity index (χ1v) is 7.43. The molecule has 0 radical (unpaired) electrons. The maximum atomic E-state index is 13.1. The molecule has 0 bridgehead atoms. The van der Waals surface area contributed by atoms with Crippen LogP contribution in [0.15, 0.2) is 41.0 Å². The first kappa shape index (κ1) is 17.3. The number of amides is 2. The Balaban J connectivity index is 1.90. The summed E-state index contributed by atoms with van der Waals surface area (Å²) in [7, 11) is 0. The van der Waals surface area contributed by atoms with Crippen molar-refractivity contribution in [3.05, 3.63) is 58.8 Å². The van der Waals surface area contributed by atoms with Gasteiger partial charge in [-0.15, -0.1) is 0 Å². The summed E-state index contributed by atoms with van der Waals surface area (Å²) < 4.78 is 18.3. The van der Waals surface area contributed by atoms with Crippen molar-refractivity contribution in [1.29, 1.82) is 0 Å². The van der Waals surface area contributed by atoms with Gasteiger partial charge in [-0.05, 0) is 43.7 Å². The molecule has 1 aromatic heterocycles. The molecule has 0 spiro atoms. The Morgan fingerprint density at radius 3 is 2.83 bits per heavy atom. The lowest BCUT2D eigenvalue weighted by molar-refractivity contribution is 0.0366. The zero-order valence-corrected chi connectivity index (χ0v) is 13.5. The van der Waals surface area contributed by atoms with Gasteiger partial charge in [0.05, 0.1) is 23.9 Å². The monoisotopic (exact) mass is 340 g/mol. The smallest absolute Gasteiger partial charge is 0.315 e. The number of rotatable bonds is 5. The van der Waals surface area contributed by atoms with Crippen LogP contribution in [0.2, 0.25) is 5.02 Å². The molecule has 2 rings (SSSR count). The van der Waals surface area contributed by atoms with E-state index >= 15 is 0 Å². The number of carbonyl (C=O) groups is 1. The van der Waals surface area contributed by atoms with Gasteiger partial charge in [0, 0.05) is 0 Å². The van der Waals surface area contributed by atoms with Crippen molar-refractivity contribution in [3.63, 3.8) is 0 Å². The Kier molecular flexibility index (Phi) is 5.28. The van der Waals surface area contributed by atoms with Crippen LogP contribution in [0.25, 0.3) is 0 Å². The Bertz CT molecular complexity index is 674. The average Bonchev–Trinajstić information content (AvgIpc) is 3.03. The summed E-state index contributed by atoms with van der Waals surface area (Å²) >= 11 is 5.73. The summed E-state index contributed by atoms with van der Waals surface area (Å²) in [5, 5.41) is 15.5. The van der Waals surface area contributed by atoms with Gasteiger partial charge in [-0.1, -0.05) is 17.7 Å². The second kappa shape index (κ2) is 7.02. The molecule has 0 aliphatic rings. The third-order valence-electron chi connectivity index (χ3n) is 3.44. The molecule has 5 nitrogen and oxygen atoms in total. The molecule has 23 heavy (non-hydrogen) atoms. The minimum Gasteiger partial charge on any atom is -0.466 e. The van der Waals surface area contributed by atoms with Crippen molar-refractivity contribution in [2.24, 2.45) is 0 Å². The van der Waals surface area contributed by atoms with Gasteiger partial charge in [0.2, 0.25) is 0 Å². The molecule has 124 valence electrons. The zero-order valence-electron chi connectivity index (χ0n) is 12.8. The van der Waals surface area contributed by atoms with Crippen molar-refractivity contribution >= 4 is 17.6 Å². The summed E-state index contributed by atoms with van der Waals surface area (Å²) in [6, 6.07) is 6.69. The van der Waals surface area contributed by atoms with Gasteiger partial charge < -0.3 is 20.2 Å². The summed E-state index contributed by atoms with van der Waals surface area (Å²) in [5.41, 5.74) is -0.646. The molecule has 1 heterocycles. The third kappa shape index (κ3) is 4.46. The number of carbonyl (C=O) groups excluding carboxylic acids is 1. The Labute approximate surface area is 138 Å². The number of hydrogen-bond acceptors (Lipinski definition) is 3. The molecule has 2 aromatic rings. The highest BCUT2D eigenvalue weighted by atomic mass is 35.5. The first-order chi connectivity index (χ1) is 10.8. The van der Waals surface area contributed by atoms with E-state index in [0.29, 0.717) is 11.3 Å². The molecular weight excluding hydrogens is 323 g/mol. The van der Waals surface area contributed by atoms with Crippen LogP contribution in [0.1, 0.15) is 31.2 Å². The lowest BCUT2D eigenvalue weighted by atomic mass is 10.0. The van der Waals surface area contributed by atoms with Crippen LogP contribution in [0, 0.1) is 5.82 Å². The van der Waals surface area contributed by atoms with E-state index in [0.717, 1.165) is 0 Å². The lowest BCUT2D eigenvalue weighted by Crippen LogP contribution is -2.44. The quantitative estimate of drug-likeness (QED) is 0.781. The molecule has 0 aliphatic carbocycles. The number of nitrogens with one attached hydrogen (secondary N) is 2. The fourth-order valence-corrected chi connectivity index (χ4v) is 2.23. The van der Waals surface area contributed by atoms with Gasteiger partial charge >= 0.3 is 6.03 Å². The van der Waals surface area contributed by atoms with E-state index in [1.54, 1.807) is 25.1 Å². The Morgan fingerprint density at radius 1 is 1.48 bits per heavy atom. The minimum absolute atomic E-state index is 0.00249. The van der Waals surface area contributed by atoms with E-state index in [-0.39, 0.29) is 17.6 Å². The van der Waals surface area contributed by atoms with Gasteiger partial charge in [0.15, 0.2) is 0 Å². The molecule has 2 atom stereocenters. The average molecular weight is 341 g/mol. The SMILES string of the molecule is CC(NC(=O)NCC(C)(O)c1ccco1)c1ccc(F)c(Cl)c1. The van der Waals surface area contributed by atoms with E-state index in [4.69, 9.17) is 16.0 Å². The largest absolute Gasteiger partial charge is 0.466 e. The topological polar surface area (TPSA) is 74.5 Å². The van der Waals surface area contributed by atoms with Crippen LogP contribution < -0.4 is 10.6 Å². The molecule has 2 amide bonds. The number of halogens is 2. The highest BCUT2D eigenvalue weighted by Crippen LogP contribution is 2.21. The highest BCUT2D eigenvalue weighted by molar-refractivity contribution is 6.30. The third-order valence-corrected chi connectivity index (χ3v) is 3.73. The van der Waals surface area contributed by atoms with E-state index in [9.17, 15) is 14.3 Å². The molecule has 3 N–H and O–H groups in total. The summed E-state index contributed by atoms with van der Waals surface area (Å²) in [4.78, 5) is 11.9. The highest BCUT2D eigenvalue weighted by Gasteiger charge is 2.27. The van der Waals surface area contributed by atoms with Crippen molar-refractivity contribution in [2.45, 2.75) is 25.5 Å². The van der Waals surface area contributed by atoms with Crippen molar-refractivity contribution in [1.82, 2.24) is 10.6 Å². The maximum Gasteiger partial charge on any atom is 0.315 e. The van der Waals surface area contributed by atoms with Gasteiger partial charge in [-0.3, -0.25) is 0 Å². The normalized spacial score (nSPS) is 14.8. The maximum absolute atomic E-state index is 13.1. The predicted octanol–water partition coefficient (Wildman–Crippen LogP) is 3.34. The van der Waals surface area contributed by atoms with Crippen LogP contribution >= 0.6 is 11.6 Å². The van der Waals surface area contributed by atoms with Gasteiger partial charge in [0.25, 0.3) is 0 Å². The second-order valence-electron chi connectivity index (χ2n) is 5.47. The lowest BCUT2D eigenvalue weighted by Gasteiger charge is -2.22. The predicted molar refractivity (Wildman–Crippen MR) is 84.6 cm³/mol. The van der Waals surface area contributed by atoms with E-state index < -0.39 is 17.4 Å². The van der Waals surface area contributed by atoms with Crippen LogP contribution in [-0.2, 0) is 5.60 Å². The van der Waals surface area contributed by atoms with Crippen LogP contribution in [0.5, 0.6) is 0 Å². The molecule has 2 unspecified atom stereocenters. The molecule has 0 saturated heterocycles. The van der Waals surface area contributed by atoms with Crippen LogP contribution in [-0.4, -0.2) is 17.7 Å². The zero-order chi connectivity index (χ0) is 17.0. The first-order valence-electron chi connectivity index (χ1n) is 7.05. The fourth-order valence-electron chi connectivity index (χ4n) is 2.04. The number of urea groups is 1. The number of aliphatic hydroxyl groups is 1. The van der Waals surface area contributed by atoms with Crippen molar-refractivity contribution < 1.29 is 18.7 Å². The standard InChI is InChI=1S/C16H18ClFN2O3/c1-10(11-5-6-13(18)12(17)8-11)20-15(21)19-9-16(2,22)14-4-3-7-23-14/h3-8,10,22H,9H2,1-2H3,(H2,19,20,21). The Morgan fingerprint density at radius 2 is 2.22 bits per heavy atom. The molecule has 0 fully saturated rings. The van der Waals surface area contributed by atoms with Crippen LogP contribution in [0.3, 0.4) is 0 Å². The number of furan rings is 1. The molecular formula is C16H18ClFN2O3. The molecule has 0 aliphatic heterocycles. The van der Waals surface area contributed by atoms with Gasteiger partial charge in [-0.2, -0.15) is 0 Å². The van der Waals surface area contributed by atoms with E-state index in [1.165, 1.54) is 25.3 Å². The molecule has 7 heteroatoms. The second-order valence-corrected chi connectivity index (χ2v) is 5.88. The Hall–Kier alpha value is -2.05. The number of benzene rings is 1. The van der Waals surface area contributed by atoms with E-state index in [1.807, 2.05) is 0 Å². The summed E-state index contributed by atoms with van der Waals surface area (Å²) in [6.07, 6.45) is 1.45. The fraction of sp³-hybridized carbons (Fsp3) is 0.312. The summed E-state index contributed by atoms with van der Waals surface area (Å²) in [6.45, 7) is 3.26. The summed E-state index contributed by atoms with van der Waals surface area (Å²) in [5.74, 6) is -0.155. The van der Waals surface area contributed by atoms with Crippen LogP contribution in [0.4, 0.5) is 9.18 Å². The van der Waals surface area contributed by atoms with Gasteiger partial charge in [-0.25, -0.2) is 9.18 Å². The number of hydrogen-bond donors (Lipinski definition) is 3. The van der Waals surface area contributed by atoms with Gasteiger partial charge in [0.1, 0.15) is 17.2 Å². The molecule has 0 saturated carbocycles.